The summed E-state index contributed by atoms with van der Waals surface area (Å²) in [6, 6.07) is 5.10. The molecule has 0 saturated carbocycles. The minimum atomic E-state index is -0.171. The number of H-pyrrole nitrogens is 1. The molecule has 2 N–H and O–H groups in total. The fourth-order valence-corrected chi connectivity index (χ4v) is 4.38. The fraction of sp³-hybridized carbons (Fsp3) is 0.500. The normalized spacial score (nSPS) is 19.3. The van der Waals surface area contributed by atoms with Crippen molar-refractivity contribution in [3.8, 4) is 0 Å². The summed E-state index contributed by atoms with van der Waals surface area (Å²) in [5.74, 6) is -0.171. The van der Waals surface area contributed by atoms with Gasteiger partial charge in [-0.25, -0.2) is 0 Å². The standard InChI is InChI=1S/C22H27N3O3S/c26-20(23-14-17-7-4-12-28-17)16-8-9-18-19(13-16)24-22(29)25(21(18)27)11-10-15-5-2-1-3-6-15/h5,8-9,13,17H,1-4,6-7,10-12,14H2,(H,23,26)(H,24,29)/t17-/m1/s1. The number of benzene rings is 1. The summed E-state index contributed by atoms with van der Waals surface area (Å²) in [6.45, 7) is 1.85. The average Bonchev–Trinajstić information content (AvgIpc) is 3.26. The molecule has 0 radical (unpaired) electrons. The molecule has 4 rings (SSSR count). The van der Waals surface area contributed by atoms with Crippen molar-refractivity contribution in [1.29, 1.82) is 0 Å². The van der Waals surface area contributed by atoms with E-state index in [-0.39, 0.29) is 17.6 Å². The molecule has 1 fully saturated rings. The molecule has 0 spiro atoms. The number of allylic oxidation sites excluding steroid dienone is 2. The summed E-state index contributed by atoms with van der Waals surface area (Å²) in [5, 5.41) is 3.46. The third-order valence-electron chi connectivity index (χ3n) is 5.80. The summed E-state index contributed by atoms with van der Waals surface area (Å²) in [5.41, 5.74) is 2.41. The van der Waals surface area contributed by atoms with E-state index >= 15 is 0 Å². The molecule has 0 bridgehead atoms. The quantitative estimate of drug-likeness (QED) is 0.557. The molecule has 0 unspecified atom stereocenters. The van der Waals surface area contributed by atoms with Gasteiger partial charge < -0.3 is 15.0 Å². The number of hydrogen-bond donors (Lipinski definition) is 2. The van der Waals surface area contributed by atoms with Crippen LogP contribution in [-0.2, 0) is 11.3 Å². The molecule has 1 aliphatic heterocycles. The Labute approximate surface area is 175 Å². The van der Waals surface area contributed by atoms with E-state index < -0.39 is 0 Å². The molecule has 154 valence electrons. The van der Waals surface area contributed by atoms with Crippen molar-refractivity contribution in [2.24, 2.45) is 0 Å². The Morgan fingerprint density at radius 1 is 1.31 bits per heavy atom. The van der Waals surface area contributed by atoms with Crippen molar-refractivity contribution in [3.05, 3.63) is 50.5 Å². The maximum absolute atomic E-state index is 12.9. The van der Waals surface area contributed by atoms with E-state index in [1.807, 2.05) is 0 Å². The van der Waals surface area contributed by atoms with E-state index in [1.54, 1.807) is 22.8 Å². The van der Waals surface area contributed by atoms with Crippen LogP contribution in [-0.4, -0.2) is 34.7 Å². The zero-order valence-electron chi connectivity index (χ0n) is 16.5. The molecular formula is C22H27N3O3S. The van der Waals surface area contributed by atoms with Crippen LogP contribution in [0.5, 0.6) is 0 Å². The first kappa shape index (κ1) is 20.0. The maximum atomic E-state index is 12.9. The zero-order chi connectivity index (χ0) is 20.2. The highest BCUT2D eigenvalue weighted by atomic mass is 32.1. The number of aromatic nitrogens is 2. The minimum Gasteiger partial charge on any atom is -0.376 e. The highest BCUT2D eigenvalue weighted by Gasteiger charge is 2.17. The van der Waals surface area contributed by atoms with Crippen LogP contribution in [0.25, 0.3) is 10.9 Å². The van der Waals surface area contributed by atoms with Crippen LogP contribution in [0, 0.1) is 4.77 Å². The highest BCUT2D eigenvalue weighted by Crippen LogP contribution is 2.20. The minimum absolute atomic E-state index is 0.0942. The van der Waals surface area contributed by atoms with Crippen LogP contribution in [0.1, 0.15) is 55.3 Å². The van der Waals surface area contributed by atoms with Gasteiger partial charge in [-0.3, -0.25) is 14.2 Å². The molecular weight excluding hydrogens is 386 g/mol. The topological polar surface area (TPSA) is 76.1 Å². The van der Waals surface area contributed by atoms with Crippen molar-refractivity contribution in [3.63, 3.8) is 0 Å². The Kier molecular flexibility index (Phi) is 6.25. The van der Waals surface area contributed by atoms with Crippen molar-refractivity contribution in [1.82, 2.24) is 14.9 Å². The second-order valence-electron chi connectivity index (χ2n) is 7.85. The van der Waals surface area contributed by atoms with Crippen molar-refractivity contribution in [2.75, 3.05) is 13.2 Å². The van der Waals surface area contributed by atoms with Crippen LogP contribution < -0.4 is 10.9 Å². The third kappa shape index (κ3) is 4.67. The maximum Gasteiger partial charge on any atom is 0.262 e. The first-order chi connectivity index (χ1) is 14.1. The Hall–Kier alpha value is -2.25. The second kappa shape index (κ2) is 9.05. The Morgan fingerprint density at radius 3 is 2.97 bits per heavy atom. The van der Waals surface area contributed by atoms with Gasteiger partial charge in [0.15, 0.2) is 4.77 Å². The Morgan fingerprint density at radius 2 is 2.21 bits per heavy atom. The Bertz CT molecular complexity index is 1050. The van der Waals surface area contributed by atoms with Gasteiger partial charge in [0.1, 0.15) is 0 Å². The second-order valence-corrected chi connectivity index (χ2v) is 8.24. The molecule has 1 aromatic carbocycles. The third-order valence-corrected chi connectivity index (χ3v) is 6.12. The molecule has 29 heavy (non-hydrogen) atoms. The molecule has 1 aromatic heterocycles. The molecule has 1 atom stereocenters. The number of hydrogen-bond acceptors (Lipinski definition) is 4. The number of fused-ring (bicyclic) bond motifs is 1. The van der Waals surface area contributed by atoms with Crippen molar-refractivity contribution >= 4 is 29.0 Å². The summed E-state index contributed by atoms with van der Waals surface area (Å²) < 4.78 is 7.57. The molecule has 2 aliphatic rings. The van der Waals surface area contributed by atoms with Gasteiger partial charge in [-0.1, -0.05) is 11.6 Å². The number of nitrogens with one attached hydrogen (secondary N) is 2. The van der Waals surface area contributed by atoms with E-state index in [4.69, 9.17) is 17.0 Å². The number of carbonyl (C=O) groups is 1. The summed E-state index contributed by atoms with van der Waals surface area (Å²) in [7, 11) is 0. The van der Waals surface area contributed by atoms with Crippen molar-refractivity contribution in [2.45, 2.75) is 57.6 Å². The van der Waals surface area contributed by atoms with Crippen molar-refractivity contribution < 1.29 is 9.53 Å². The van der Waals surface area contributed by atoms with Gasteiger partial charge in [0.25, 0.3) is 11.5 Å². The summed E-state index contributed by atoms with van der Waals surface area (Å²) >= 11 is 5.44. The van der Waals surface area contributed by atoms with Gasteiger partial charge in [0, 0.05) is 25.3 Å². The van der Waals surface area contributed by atoms with Gasteiger partial charge >= 0.3 is 0 Å². The lowest BCUT2D eigenvalue weighted by atomic mass is 9.97. The molecule has 1 saturated heterocycles. The number of carbonyl (C=O) groups excluding carboxylic acids is 1. The van der Waals surface area contributed by atoms with Crippen LogP contribution in [0.2, 0.25) is 0 Å². The average molecular weight is 414 g/mol. The first-order valence-corrected chi connectivity index (χ1v) is 10.9. The molecule has 6 nitrogen and oxygen atoms in total. The van der Waals surface area contributed by atoms with Gasteiger partial charge in [-0.05, 0) is 75.4 Å². The lowest BCUT2D eigenvalue weighted by Crippen LogP contribution is -2.31. The number of aromatic amines is 1. The highest BCUT2D eigenvalue weighted by molar-refractivity contribution is 7.71. The van der Waals surface area contributed by atoms with Gasteiger partial charge in [0.2, 0.25) is 0 Å². The van der Waals surface area contributed by atoms with Crippen LogP contribution in [0.4, 0.5) is 0 Å². The molecule has 7 heteroatoms. The van der Waals surface area contributed by atoms with E-state index in [9.17, 15) is 9.59 Å². The molecule has 2 heterocycles. The van der Waals surface area contributed by atoms with Crippen LogP contribution in [0.15, 0.2) is 34.6 Å². The number of amides is 1. The number of ether oxygens (including phenoxy) is 1. The largest absolute Gasteiger partial charge is 0.376 e. The SMILES string of the molecule is O=C(NC[C@H]1CCCO1)c1ccc2c(=O)n(CCC3=CCCCC3)c(=S)[nH]c2c1. The number of rotatable bonds is 6. The fourth-order valence-electron chi connectivity index (χ4n) is 4.10. The van der Waals surface area contributed by atoms with E-state index in [0.29, 0.717) is 34.3 Å². The Balaban J connectivity index is 1.51. The lowest BCUT2D eigenvalue weighted by Gasteiger charge is -2.14. The zero-order valence-corrected chi connectivity index (χ0v) is 17.4. The smallest absolute Gasteiger partial charge is 0.262 e. The number of nitrogens with zero attached hydrogens (tertiary/aromatic N) is 1. The van der Waals surface area contributed by atoms with E-state index in [0.717, 1.165) is 38.7 Å². The van der Waals surface area contributed by atoms with Crippen LogP contribution >= 0.6 is 12.2 Å². The van der Waals surface area contributed by atoms with Gasteiger partial charge in [-0.2, -0.15) is 0 Å². The molecule has 2 aromatic rings. The molecule has 1 amide bonds. The molecule has 1 aliphatic carbocycles. The van der Waals surface area contributed by atoms with E-state index in [2.05, 4.69) is 16.4 Å². The predicted molar refractivity (Wildman–Crippen MR) is 116 cm³/mol. The van der Waals surface area contributed by atoms with Crippen LogP contribution in [0.3, 0.4) is 0 Å². The van der Waals surface area contributed by atoms with Gasteiger partial charge in [-0.15, -0.1) is 0 Å². The lowest BCUT2D eigenvalue weighted by molar-refractivity contribution is 0.0858. The van der Waals surface area contributed by atoms with E-state index in [1.165, 1.54) is 18.4 Å². The summed E-state index contributed by atoms with van der Waals surface area (Å²) in [4.78, 5) is 28.5. The monoisotopic (exact) mass is 413 g/mol. The van der Waals surface area contributed by atoms with Gasteiger partial charge in [0.05, 0.1) is 17.0 Å². The predicted octanol–water partition coefficient (Wildman–Crippen LogP) is 3.86. The summed E-state index contributed by atoms with van der Waals surface area (Å²) in [6.07, 6.45) is 9.98. The first-order valence-electron chi connectivity index (χ1n) is 10.5.